The zero-order valence-electron chi connectivity index (χ0n) is 10.9. The molecule has 1 aromatic carbocycles. The molecular weight excluding hydrogens is 289 g/mol. The number of carboxylic acid groups (broad SMARTS) is 1. The summed E-state index contributed by atoms with van der Waals surface area (Å²) in [6, 6.07) is 4.59. The highest BCUT2D eigenvalue weighted by atomic mass is 19.4. The summed E-state index contributed by atoms with van der Waals surface area (Å²) in [7, 11) is 0. The van der Waals surface area contributed by atoms with E-state index in [1.54, 1.807) is 13.0 Å². The van der Waals surface area contributed by atoms with Crippen LogP contribution in [0.25, 0.3) is 0 Å². The fourth-order valence-corrected chi connectivity index (χ4v) is 1.77. The molecule has 2 rings (SSSR count). The number of hydrogen-bond donors (Lipinski definition) is 2. The lowest BCUT2D eigenvalue weighted by Gasteiger charge is -2.12. The summed E-state index contributed by atoms with van der Waals surface area (Å²) in [6.45, 7) is 1.86. The summed E-state index contributed by atoms with van der Waals surface area (Å²) in [4.78, 5) is 10.8. The van der Waals surface area contributed by atoms with Crippen LogP contribution >= 0.6 is 0 Å². The summed E-state index contributed by atoms with van der Waals surface area (Å²) in [5.41, 5.74) is -1.31. The molecule has 0 spiro atoms. The number of nitrogens with one attached hydrogen (secondary N) is 1. The summed E-state index contributed by atoms with van der Waals surface area (Å²) < 4.78 is 43.3. The van der Waals surface area contributed by atoms with Gasteiger partial charge in [-0.05, 0) is 25.1 Å². The predicted octanol–water partition coefficient (Wildman–Crippen LogP) is 3.31. The Bertz CT molecular complexity index is 665. The molecule has 2 aromatic rings. The maximum Gasteiger partial charge on any atom is 0.417 e. The molecule has 1 heterocycles. The minimum Gasteiger partial charge on any atom is -0.478 e. The highest BCUT2D eigenvalue weighted by Crippen LogP contribution is 2.34. The Kier molecular flexibility index (Phi) is 3.88. The van der Waals surface area contributed by atoms with Crippen molar-refractivity contribution in [3.05, 3.63) is 46.8 Å². The summed E-state index contributed by atoms with van der Waals surface area (Å²) in [5, 5.41) is 15.2. The summed E-state index contributed by atoms with van der Waals surface area (Å²) in [5.74, 6) is -1.04. The Hall–Kier alpha value is -2.51. The van der Waals surface area contributed by atoms with Crippen molar-refractivity contribution in [3.63, 3.8) is 0 Å². The molecule has 0 fully saturated rings. The molecule has 0 aliphatic heterocycles. The Morgan fingerprint density at radius 1 is 1.38 bits per heavy atom. The van der Waals surface area contributed by atoms with Crippen molar-refractivity contribution in [2.45, 2.75) is 19.6 Å². The van der Waals surface area contributed by atoms with Gasteiger partial charge in [-0.15, -0.1) is 0 Å². The van der Waals surface area contributed by atoms with Crippen LogP contribution in [-0.2, 0) is 12.7 Å². The lowest BCUT2D eigenvalue weighted by molar-refractivity contribution is -0.138. The first-order chi connectivity index (χ1) is 9.77. The monoisotopic (exact) mass is 300 g/mol. The molecule has 21 heavy (non-hydrogen) atoms. The van der Waals surface area contributed by atoms with Crippen LogP contribution < -0.4 is 5.32 Å². The molecule has 0 unspecified atom stereocenters. The third kappa shape index (κ3) is 3.53. The molecule has 5 nitrogen and oxygen atoms in total. The van der Waals surface area contributed by atoms with E-state index in [2.05, 4.69) is 10.5 Å². The van der Waals surface area contributed by atoms with Crippen LogP contribution in [0.2, 0.25) is 0 Å². The fraction of sp³-hybridized carbons (Fsp3) is 0.231. The molecule has 0 saturated heterocycles. The number of anilines is 1. The normalized spacial score (nSPS) is 11.4. The van der Waals surface area contributed by atoms with E-state index in [1.165, 1.54) is 6.07 Å². The van der Waals surface area contributed by atoms with Gasteiger partial charge < -0.3 is 14.9 Å². The van der Waals surface area contributed by atoms with Gasteiger partial charge in [-0.25, -0.2) is 4.79 Å². The van der Waals surface area contributed by atoms with Gasteiger partial charge in [0.2, 0.25) is 0 Å². The SMILES string of the molecule is Cc1cc(CNc2ccc(C(=O)O)c(C(F)(F)F)c2)no1. The van der Waals surface area contributed by atoms with E-state index in [0.717, 1.165) is 12.1 Å². The second-order valence-electron chi connectivity index (χ2n) is 4.35. The van der Waals surface area contributed by atoms with Crippen molar-refractivity contribution in [1.29, 1.82) is 0 Å². The number of carboxylic acids is 1. The highest BCUT2D eigenvalue weighted by Gasteiger charge is 2.35. The Morgan fingerprint density at radius 3 is 2.62 bits per heavy atom. The number of halogens is 3. The molecule has 1 aromatic heterocycles. The van der Waals surface area contributed by atoms with Crippen LogP contribution in [-0.4, -0.2) is 16.2 Å². The lowest BCUT2D eigenvalue weighted by atomic mass is 10.1. The first-order valence-electron chi connectivity index (χ1n) is 5.88. The first kappa shape index (κ1) is 14.9. The van der Waals surface area contributed by atoms with Gasteiger partial charge in [-0.1, -0.05) is 5.16 Å². The summed E-state index contributed by atoms with van der Waals surface area (Å²) in [6.07, 6.45) is -4.74. The number of alkyl halides is 3. The smallest absolute Gasteiger partial charge is 0.417 e. The Labute approximate surface area is 117 Å². The van der Waals surface area contributed by atoms with Crippen LogP contribution in [0.5, 0.6) is 0 Å². The maximum absolute atomic E-state index is 12.8. The molecule has 0 radical (unpaired) electrons. The zero-order valence-corrected chi connectivity index (χ0v) is 10.9. The van der Waals surface area contributed by atoms with E-state index >= 15 is 0 Å². The number of benzene rings is 1. The van der Waals surface area contributed by atoms with Gasteiger partial charge in [-0.3, -0.25) is 0 Å². The Balaban J connectivity index is 2.23. The number of nitrogens with zero attached hydrogens (tertiary/aromatic N) is 1. The molecule has 2 N–H and O–H groups in total. The van der Waals surface area contributed by atoms with E-state index in [0.29, 0.717) is 11.5 Å². The standard InChI is InChI=1S/C13H11F3N2O3/c1-7-4-9(18-21-7)6-17-8-2-3-10(12(19)20)11(5-8)13(14,15)16/h2-5,17H,6H2,1H3,(H,19,20). The molecule has 0 amide bonds. The number of rotatable bonds is 4. The van der Waals surface area contributed by atoms with Gasteiger partial charge in [0.15, 0.2) is 0 Å². The molecule has 0 bridgehead atoms. The van der Waals surface area contributed by atoms with Crippen molar-refractivity contribution < 1.29 is 27.6 Å². The number of hydrogen-bond acceptors (Lipinski definition) is 4. The van der Waals surface area contributed by atoms with Crippen molar-refractivity contribution in [2.75, 3.05) is 5.32 Å². The number of aromatic nitrogens is 1. The number of carbonyl (C=O) groups is 1. The minimum atomic E-state index is -4.74. The molecule has 0 aliphatic carbocycles. The van der Waals surface area contributed by atoms with Gasteiger partial charge in [0.05, 0.1) is 17.7 Å². The largest absolute Gasteiger partial charge is 0.478 e. The number of aromatic carboxylic acids is 1. The molecule has 8 heteroatoms. The van der Waals surface area contributed by atoms with Crippen molar-refractivity contribution in [2.24, 2.45) is 0 Å². The maximum atomic E-state index is 12.8. The molecule has 0 atom stereocenters. The average molecular weight is 300 g/mol. The van der Waals surface area contributed by atoms with Gasteiger partial charge in [0, 0.05) is 11.8 Å². The first-order valence-corrected chi connectivity index (χ1v) is 5.88. The summed E-state index contributed by atoms with van der Waals surface area (Å²) >= 11 is 0. The van der Waals surface area contributed by atoms with Crippen LogP contribution in [0, 0.1) is 6.92 Å². The van der Waals surface area contributed by atoms with E-state index < -0.39 is 23.3 Å². The van der Waals surface area contributed by atoms with Gasteiger partial charge in [-0.2, -0.15) is 13.2 Å². The fourth-order valence-electron chi connectivity index (χ4n) is 1.77. The van der Waals surface area contributed by atoms with E-state index in [-0.39, 0.29) is 12.2 Å². The topological polar surface area (TPSA) is 75.4 Å². The van der Waals surface area contributed by atoms with Gasteiger partial charge in [0.25, 0.3) is 0 Å². The lowest BCUT2D eigenvalue weighted by Crippen LogP contribution is -2.13. The van der Waals surface area contributed by atoms with E-state index in [9.17, 15) is 18.0 Å². The predicted molar refractivity (Wildman–Crippen MR) is 67.0 cm³/mol. The van der Waals surface area contributed by atoms with Crippen LogP contribution in [0.1, 0.15) is 27.4 Å². The zero-order chi connectivity index (χ0) is 15.6. The third-order valence-electron chi connectivity index (χ3n) is 2.71. The highest BCUT2D eigenvalue weighted by molar-refractivity contribution is 5.90. The van der Waals surface area contributed by atoms with Crippen molar-refractivity contribution >= 4 is 11.7 Å². The Morgan fingerprint density at radius 2 is 2.10 bits per heavy atom. The second kappa shape index (κ2) is 5.47. The van der Waals surface area contributed by atoms with Crippen molar-refractivity contribution in [3.8, 4) is 0 Å². The van der Waals surface area contributed by atoms with E-state index in [1.807, 2.05) is 0 Å². The molecular formula is C13H11F3N2O3. The third-order valence-corrected chi connectivity index (χ3v) is 2.71. The number of aryl methyl sites for hydroxylation is 1. The van der Waals surface area contributed by atoms with Crippen LogP contribution in [0.3, 0.4) is 0 Å². The van der Waals surface area contributed by atoms with Gasteiger partial charge >= 0.3 is 12.1 Å². The second-order valence-corrected chi connectivity index (χ2v) is 4.35. The van der Waals surface area contributed by atoms with Crippen LogP contribution in [0.4, 0.5) is 18.9 Å². The average Bonchev–Trinajstić information content (AvgIpc) is 2.81. The van der Waals surface area contributed by atoms with Crippen LogP contribution in [0.15, 0.2) is 28.8 Å². The molecule has 0 aliphatic rings. The van der Waals surface area contributed by atoms with Crippen molar-refractivity contribution in [1.82, 2.24) is 5.16 Å². The van der Waals surface area contributed by atoms with E-state index in [4.69, 9.17) is 9.63 Å². The quantitative estimate of drug-likeness (QED) is 0.906. The minimum absolute atomic E-state index is 0.146. The molecule has 112 valence electrons. The molecule has 0 saturated carbocycles. The van der Waals surface area contributed by atoms with Gasteiger partial charge in [0.1, 0.15) is 11.5 Å².